The molecule has 0 amide bonds. The lowest BCUT2D eigenvalue weighted by molar-refractivity contribution is -0.243. The molecule has 0 heterocycles. The van der Waals surface area contributed by atoms with Crippen molar-refractivity contribution in [3.05, 3.63) is 0 Å². The Morgan fingerprint density at radius 2 is 1.71 bits per heavy atom. The number of esters is 1. The molecule has 4 aliphatic rings. The van der Waals surface area contributed by atoms with Crippen LogP contribution in [0, 0.1) is 46.3 Å². The summed E-state index contributed by atoms with van der Waals surface area (Å²) in [6.07, 6.45) is 3.27. The van der Waals surface area contributed by atoms with Crippen molar-refractivity contribution in [2.24, 2.45) is 46.3 Å². The van der Waals surface area contributed by atoms with E-state index in [0.29, 0.717) is 19.3 Å². The number of hydrogen-bond acceptors (Lipinski definition) is 6. The van der Waals surface area contributed by atoms with Crippen molar-refractivity contribution in [1.82, 2.24) is 0 Å². The maximum absolute atomic E-state index is 11.7. The molecule has 4 saturated carbocycles. The molecule has 12 atom stereocenters. The van der Waals surface area contributed by atoms with Gasteiger partial charge >= 0.3 is 5.97 Å². The van der Waals surface area contributed by atoms with E-state index in [1.54, 1.807) is 0 Å². The average molecular weight is 439 g/mol. The lowest BCUT2D eigenvalue weighted by Crippen LogP contribution is -2.66. The Hall–Kier alpha value is -0.690. The summed E-state index contributed by atoms with van der Waals surface area (Å²) >= 11 is 0. The van der Waals surface area contributed by atoms with Gasteiger partial charge in [-0.25, -0.2) is 0 Å². The summed E-state index contributed by atoms with van der Waals surface area (Å²) in [7, 11) is 1.42. The van der Waals surface area contributed by atoms with Crippen LogP contribution in [0.2, 0.25) is 0 Å². The predicted octanol–water partition coefficient (Wildman–Crippen LogP) is 2.51. The van der Waals surface area contributed by atoms with Gasteiger partial charge in [0, 0.05) is 6.42 Å². The Morgan fingerprint density at radius 1 is 1.00 bits per heavy atom. The number of rotatable bonds is 4. The zero-order chi connectivity index (χ0) is 22.7. The molecule has 0 aromatic heterocycles. The summed E-state index contributed by atoms with van der Waals surface area (Å²) in [5.41, 5.74) is -0.492. The minimum absolute atomic E-state index is 0.0299. The molecule has 0 aromatic rings. The maximum Gasteiger partial charge on any atom is 0.305 e. The fourth-order valence-corrected chi connectivity index (χ4v) is 8.82. The van der Waals surface area contributed by atoms with Crippen molar-refractivity contribution in [3.63, 3.8) is 0 Å². The van der Waals surface area contributed by atoms with Gasteiger partial charge in [0.25, 0.3) is 0 Å². The van der Waals surface area contributed by atoms with Gasteiger partial charge in [0.2, 0.25) is 0 Å². The Kier molecular flexibility index (Phi) is 6.26. The third-order valence-corrected chi connectivity index (χ3v) is 10.6. The van der Waals surface area contributed by atoms with Crippen LogP contribution in [0.3, 0.4) is 0 Å². The molecule has 4 N–H and O–H groups in total. The first-order valence-corrected chi connectivity index (χ1v) is 12.3. The second-order valence-corrected chi connectivity index (χ2v) is 11.7. The number of carbonyl (C=O) groups excluding carboxylic acids is 1. The molecule has 6 nitrogen and oxygen atoms in total. The molecule has 0 radical (unpaired) electrons. The lowest BCUT2D eigenvalue weighted by atomic mass is 9.42. The summed E-state index contributed by atoms with van der Waals surface area (Å²) in [6.45, 7) is 6.58. The van der Waals surface area contributed by atoms with E-state index in [2.05, 4.69) is 20.8 Å². The largest absolute Gasteiger partial charge is 0.469 e. The molecule has 0 saturated heterocycles. The van der Waals surface area contributed by atoms with Crippen molar-refractivity contribution in [3.8, 4) is 0 Å². The van der Waals surface area contributed by atoms with E-state index in [0.717, 1.165) is 32.1 Å². The van der Waals surface area contributed by atoms with Gasteiger partial charge in [-0.15, -0.1) is 0 Å². The van der Waals surface area contributed by atoms with E-state index in [1.807, 2.05) is 0 Å². The predicted molar refractivity (Wildman–Crippen MR) is 116 cm³/mol. The van der Waals surface area contributed by atoms with Crippen molar-refractivity contribution in [1.29, 1.82) is 0 Å². The molecule has 0 bridgehead atoms. The highest BCUT2D eigenvalue weighted by atomic mass is 16.5. The molecule has 31 heavy (non-hydrogen) atoms. The minimum Gasteiger partial charge on any atom is -0.469 e. The fraction of sp³-hybridized carbons (Fsp3) is 0.960. The highest BCUT2D eigenvalue weighted by molar-refractivity contribution is 5.69. The maximum atomic E-state index is 11.7. The number of fused-ring (bicyclic) bond motifs is 5. The van der Waals surface area contributed by atoms with Crippen molar-refractivity contribution in [2.45, 2.75) is 96.6 Å². The van der Waals surface area contributed by atoms with E-state index in [9.17, 15) is 25.2 Å². The summed E-state index contributed by atoms with van der Waals surface area (Å²) in [6, 6.07) is 0. The zero-order valence-electron chi connectivity index (χ0n) is 19.5. The second kappa shape index (κ2) is 8.27. The van der Waals surface area contributed by atoms with Crippen LogP contribution in [0.5, 0.6) is 0 Å². The number of methoxy groups -OCH3 is 1. The number of aliphatic hydroxyl groups is 4. The van der Waals surface area contributed by atoms with Gasteiger partial charge < -0.3 is 25.2 Å². The minimum atomic E-state index is -0.823. The first-order chi connectivity index (χ1) is 14.6. The zero-order valence-corrected chi connectivity index (χ0v) is 19.5. The van der Waals surface area contributed by atoms with Gasteiger partial charge in [-0.1, -0.05) is 20.8 Å². The molecule has 0 unspecified atom stereocenters. The molecule has 4 fully saturated rings. The fourth-order valence-electron chi connectivity index (χ4n) is 8.82. The Morgan fingerprint density at radius 3 is 2.39 bits per heavy atom. The Labute approximate surface area is 186 Å². The number of carbonyl (C=O) groups is 1. The van der Waals surface area contributed by atoms with Crippen molar-refractivity contribution >= 4 is 5.97 Å². The standard InChI is InChI=1S/C25H42O6/c1-13(5-8-20(28)31-4)15-6-7-16-21-17(12-19(27)25(15,16)3)24(2)10-9-14(26)11-18(24)22(29)23(21)30/h13-19,21-23,26-27,29-30H,5-12H2,1-4H3/t13-,14+,15+,16+,17+,18+,19-,21+,22-,23+,24+,25+/m0/s1. The van der Waals surface area contributed by atoms with Gasteiger partial charge in [0.15, 0.2) is 0 Å². The van der Waals surface area contributed by atoms with Crippen molar-refractivity contribution in [2.75, 3.05) is 7.11 Å². The van der Waals surface area contributed by atoms with Crippen LogP contribution < -0.4 is 0 Å². The summed E-state index contributed by atoms with van der Waals surface area (Å²) in [5.74, 6) is 0.514. The molecule has 0 spiro atoms. The monoisotopic (exact) mass is 438 g/mol. The number of hydrogen-bond donors (Lipinski definition) is 4. The number of ether oxygens (including phenoxy) is 1. The molecule has 4 aliphatic carbocycles. The molecule has 0 aliphatic heterocycles. The van der Waals surface area contributed by atoms with Crippen LogP contribution >= 0.6 is 0 Å². The quantitative estimate of drug-likeness (QED) is 0.503. The van der Waals surface area contributed by atoms with E-state index < -0.39 is 24.4 Å². The van der Waals surface area contributed by atoms with E-state index >= 15 is 0 Å². The summed E-state index contributed by atoms with van der Waals surface area (Å²) in [4.78, 5) is 11.7. The van der Waals surface area contributed by atoms with Crippen LogP contribution in [0.15, 0.2) is 0 Å². The first kappa shape index (κ1) is 23.5. The summed E-state index contributed by atoms with van der Waals surface area (Å²) in [5, 5.41) is 44.2. The van der Waals surface area contributed by atoms with Gasteiger partial charge in [-0.3, -0.25) is 4.79 Å². The lowest BCUT2D eigenvalue weighted by Gasteiger charge is -2.64. The smallest absolute Gasteiger partial charge is 0.305 e. The van der Waals surface area contributed by atoms with Crippen LogP contribution in [0.1, 0.15) is 72.1 Å². The van der Waals surface area contributed by atoms with Gasteiger partial charge in [-0.2, -0.15) is 0 Å². The molecule has 178 valence electrons. The highest BCUT2D eigenvalue weighted by Gasteiger charge is 2.67. The van der Waals surface area contributed by atoms with E-state index in [4.69, 9.17) is 4.74 Å². The molecule has 6 heteroatoms. The SMILES string of the molecule is COC(=O)CC[C@H](C)[C@H]1CC[C@@H]2[C@H]3[C@@H](O)[C@@H](O)[C@H]4C[C@H](O)CC[C@]4(C)[C@@H]3C[C@H](O)[C@@]21C. The van der Waals surface area contributed by atoms with Crippen LogP contribution in [0.25, 0.3) is 0 Å². The first-order valence-electron chi connectivity index (χ1n) is 12.3. The third kappa shape index (κ3) is 3.48. The molecular formula is C25H42O6. The second-order valence-electron chi connectivity index (χ2n) is 11.7. The van der Waals surface area contributed by atoms with Crippen molar-refractivity contribution < 1.29 is 30.0 Å². The normalized spacial score (nSPS) is 52.6. The summed E-state index contributed by atoms with van der Waals surface area (Å²) < 4.78 is 4.81. The van der Waals surface area contributed by atoms with Crippen LogP contribution in [0.4, 0.5) is 0 Å². The Balaban J connectivity index is 1.61. The number of aliphatic hydroxyl groups excluding tert-OH is 4. The highest BCUT2D eigenvalue weighted by Crippen LogP contribution is 2.68. The van der Waals surface area contributed by atoms with Gasteiger partial charge in [0.1, 0.15) is 0 Å². The van der Waals surface area contributed by atoms with Gasteiger partial charge in [-0.05, 0) is 91.3 Å². The Bertz CT molecular complexity index is 683. The average Bonchev–Trinajstić information content (AvgIpc) is 3.10. The third-order valence-electron chi connectivity index (χ3n) is 10.6. The van der Waals surface area contributed by atoms with E-state index in [1.165, 1.54) is 7.11 Å². The molecule has 4 rings (SSSR count). The van der Waals surface area contributed by atoms with Crippen LogP contribution in [-0.4, -0.2) is 57.9 Å². The van der Waals surface area contributed by atoms with E-state index in [-0.39, 0.29) is 52.3 Å². The van der Waals surface area contributed by atoms with Gasteiger partial charge in [0.05, 0.1) is 31.5 Å². The topological polar surface area (TPSA) is 107 Å². The molecule has 0 aromatic carbocycles. The molecular weight excluding hydrogens is 396 g/mol. The van der Waals surface area contributed by atoms with Crippen LogP contribution in [-0.2, 0) is 9.53 Å².